The molecule has 1 N–H and O–H groups in total. The molecule has 2 aromatic carbocycles. The van der Waals surface area contributed by atoms with Crippen molar-refractivity contribution in [2.75, 3.05) is 20.3 Å². The number of carbonyl (C=O) groups is 1. The van der Waals surface area contributed by atoms with Crippen molar-refractivity contribution < 1.29 is 19.0 Å². The summed E-state index contributed by atoms with van der Waals surface area (Å²) in [6.07, 6.45) is 0.707. The lowest BCUT2D eigenvalue weighted by Crippen LogP contribution is -2.84. The number of nitrogens with zero attached hydrogens (tertiary/aromatic N) is 1. The van der Waals surface area contributed by atoms with E-state index in [2.05, 4.69) is 11.4 Å². The summed E-state index contributed by atoms with van der Waals surface area (Å²) in [5.41, 5.74) is 0.767. The van der Waals surface area contributed by atoms with E-state index in [1.54, 1.807) is 7.11 Å². The average Bonchev–Trinajstić information content (AvgIpc) is 3.06. The average molecular weight is 392 g/mol. The zero-order chi connectivity index (χ0) is 19.6. The number of nitrogens with one attached hydrogen (secondary N) is 1. The maximum absolute atomic E-state index is 14.1. The van der Waals surface area contributed by atoms with Crippen molar-refractivity contribution in [3.05, 3.63) is 65.7 Å². The van der Waals surface area contributed by atoms with E-state index in [9.17, 15) is 4.79 Å². The molecule has 5 atom stereocenters. The summed E-state index contributed by atoms with van der Waals surface area (Å²) < 4.78 is 18.3. The lowest BCUT2D eigenvalue weighted by Gasteiger charge is -2.62. The first-order chi connectivity index (χ1) is 14.2. The molecule has 3 unspecified atom stereocenters. The number of para-hydroxylation sites is 1. The largest absolute Gasteiger partial charge is 0.493 e. The molecule has 0 aromatic heterocycles. The molecule has 2 aromatic rings. The number of piperazine rings is 1. The van der Waals surface area contributed by atoms with Gasteiger partial charge in [0, 0.05) is 25.0 Å². The topological polar surface area (TPSA) is 60.0 Å². The number of rotatable bonds is 2. The first-order valence-electron chi connectivity index (χ1n) is 10.2. The van der Waals surface area contributed by atoms with E-state index < -0.39 is 11.1 Å². The van der Waals surface area contributed by atoms with E-state index in [4.69, 9.17) is 14.2 Å². The van der Waals surface area contributed by atoms with Crippen molar-refractivity contribution in [3.8, 4) is 5.75 Å². The van der Waals surface area contributed by atoms with Gasteiger partial charge in [0.2, 0.25) is 5.91 Å². The van der Waals surface area contributed by atoms with E-state index in [-0.39, 0.29) is 24.3 Å². The first kappa shape index (κ1) is 17.4. The Hall–Kier alpha value is -2.41. The zero-order valence-corrected chi connectivity index (χ0v) is 16.3. The monoisotopic (exact) mass is 392 g/mol. The first-order valence-corrected chi connectivity index (χ1v) is 10.2. The van der Waals surface area contributed by atoms with Gasteiger partial charge in [-0.05, 0) is 18.1 Å². The molecule has 6 nitrogen and oxygen atoms in total. The summed E-state index contributed by atoms with van der Waals surface area (Å²) in [4.78, 5) is 16.1. The molecule has 1 amide bonds. The highest BCUT2D eigenvalue weighted by Crippen LogP contribution is 2.55. The number of piperidine rings is 2. The van der Waals surface area contributed by atoms with Crippen LogP contribution in [-0.4, -0.2) is 48.4 Å². The van der Waals surface area contributed by atoms with Gasteiger partial charge in [-0.15, -0.1) is 0 Å². The SMILES string of the molecule is COC1NC23Cc4ccccc4OC[C@@H]2CC12CO[C@H](c1ccccc1)N2C3=O. The molecule has 5 aliphatic heterocycles. The van der Waals surface area contributed by atoms with Crippen LogP contribution in [0.3, 0.4) is 0 Å². The second-order valence-electron chi connectivity index (χ2n) is 8.58. The van der Waals surface area contributed by atoms with E-state index in [1.807, 2.05) is 53.4 Å². The minimum atomic E-state index is -0.754. The maximum Gasteiger partial charge on any atom is 0.246 e. The molecule has 5 heterocycles. The molecule has 4 saturated heterocycles. The summed E-state index contributed by atoms with van der Waals surface area (Å²) in [6, 6.07) is 18.0. The van der Waals surface area contributed by atoms with E-state index in [0.29, 0.717) is 19.6 Å². The number of fused-ring (bicyclic) bond motifs is 2. The third-order valence-corrected chi connectivity index (χ3v) is 7.18. The van der Waals surface area contributed by atoms with Gasteiger partial charge in [0.15, 0.2) is 6.23 Å². The molecule has 150 valence electrons. The number of carbonyl (C=O) groups excluding carboxylic acids is 1. The molecular weight excluding hydrogens is 368 g/mol. The summed E-state index contributed by atoms with van der Waals surface area (Å²) in [5.74, 6) is 1.02. The minimum Gasteiger partial charge on any atom is -0.493 e. The highest BCUT2D eigenvalue weighted by atomic mass is 16.5. The van der Waals surface area contributed by atoms with Crippen molar-refractivity contribution in [2.45, 2.75) is 36.4 Å². The van der Waals surface area contributed by atoms with Crippen LogP contribution < -0.4 is 10.1 Å². The summed E-state index contributed by atoms with van der Waals surface area (Å²) in [7, 11) is 1.71. The molecule has 29 heavy (non-hydrogen) atoms. The Bertz CT molecular complexity index is 966. The Morgan fingerprint density at radius 2 is 1.93 bits per heavy atom. The molecule has 4 fully saturated rings. The summed E-state index contributed by atoms with van der Waals surface area (Å²) in [6.45, 7) is 0.959. The summed E-state index contributed by atoms with van der Waals surface area (Å²) in [5, 5.41) is 3.61. The molecule has 5 aliphatic rings. The molecule has 2 spiro atoms. The maximum atomic E-state index is 14.1. The predicted octanol–water partition coefficient (Wildman–Crippen LogP) is 2.25. The molecule has 0 radical (unpaired) electrons. The fourth-order valence-corrected chi connectivity index (χ4v) is 5.81. The Morgan fingerprint density at radius 3 is 2.76 bits per heavy atom. The molecule has 7 rings (SSSR count). The lowest BCUT2D eigenvalue weighted by molar-refractivity contribution is -0.200. The second kappa shape index (κ2) is 6.05. The van der Waals surface area contributed by atoms with Gasteiger partial charge in [-0.3, -0.25) is 15.0 Å². The van der Waals surface area contributed by atoms with Crippen LogP contribution in [0.5, 0.6) is 5.75 Å². The van der Waals surface area contributed by atoms with E-state index in [0.717, 1.165) is 23.3 Å². The number of methoxy groups -OCH3 is 1. The van der Waals surface area contributed by atoms with Crippen LogP contribution in [0, 0.1) is 5.92 Å². The van der Waals surface area contributed by atoms with Crippen molar-refractivity contribution in [1.82, 2.24) is 10.2 Å². The second-order valence-corrected chi connectivity index (χ2v) is 8.58. The van der Waals surface area contributed by atoms with Crippen molar-refractivity contribution >= 4 is 5.91 Å². The molecule has 2 bridgehead atoms. The minimum absolute atomic E-state index is 0.0585. The van der Waals surface area contributed by atoms with Gasteiger partial charge in [-0.2, -0.15) is 0 Å². The lowest BCUT2D eigenvalue weighted by atomic mass is 9.63. The van der Waals surface area contributed by atoms with Crippen LogP contribution >= 0.6 is 0 Å². The fourth-order valence-electron chi connectivity index (χ4n) is 5.81. The fraction of sp³-hybridized carbons (Fsp3) is 0.435. The Labute approximate surface area is 169 Å². The van der Waals surface area contributed by atoms with Gasteiger partial charge in [-0.1, -0.05) is 48.5 Å². The van der Waals surface area contributed by atoms with E-state index in [1.165, 1.54) is 0 Å². The molecular formula is C23H24N2O4. The standard InChI is InChI=1S/C23H24N2O4/c1-27-20-22-12-17-13-28-18-10-6-5-9-16(18)11-23(17,24-20)21(26)25(22)19(29-14-22)15-7-3-2-4-8-15/h2-10,17,19-20,24H,11-14H2,1H3/t17-,19+,20?,22?,23?/m0/s1. The Morgan fingerprint density at radius 1 is 1.14 bits per heavy atom. The van der Waals surface area contributed by atoms with Gasteiger partial charge in [0.1, 0.15) is 23.1 Å². The van der Waals surface area contributed by atoms with Crippen LogP contribution in [-0.2, 0) is 20.7 Å². The van der Waals surface area contributed by atoms with Gasteiger partial charge in [-0.25, -0.2) is 0 Å². The van der Waals surface area contributed by atoms with Crippen LogP contribution in [0.25, 0.3) is 0 Å². The Balaban J connectivity index is 1.48. The van der Waals surface area contributed by atoms with Gasteiger partial charge in [0.25, 0.3) is 0 Å². The van der Waals surface area contributed by atoms with Gasteiger partial charge in [0.05, 0.1) is 13.2 Å². The van der Waals surface area contributed by atoms with Crippen LogP contribution in [0.1, 0.15) is 23.8 Å². The predicted molar refractivity (Wildman–Crippen MR) is 105 cm³/mol. The van der Waals surface area contributed by atoms with Gasteiger partial charge < -0.3 is 14.2 Å². The van der Waals surface area contributed by atoms with Crippen LogP contribution in [0.2, 0.25) is 0 Å². The third-order valence-electron chi connectivity index (χ3n) is 7.18. The van der Waals surface area contributed by atoms with Crippen molar-refractivity contribution in [1.29, 1.82) is 0 Å². The molecule has 6 heteroatoms. The van der Waals surface area contributed by atoms with Crippen molar-refractivity contribution in [3.63, 3.8) is 0 Å². The number of benzene rings is 2. The molecule has 0 saturated carbocycles. The smallest absolute Gasteiger partial charge is 0.246 e. The quantitative estimate of drug-likeness (QED) is 0.850. The van der Waals surface area contributed by atoms with Gasteiger partial charge >= 0.3 is 0 Å². The molecule has 0 aliphatic carbocycles. The number of hydrogen-bond donors (Lipinski definition) is 1. The Kier molecular flexibility index (Phi) is 3.64. The highest BCUT2D eigenvalue weighted by Gasteiger charge is 2.72. The zero-order valence-electron chi connectivity index (χ0n) is 16.3. The summed E-state index contributed by atoms with van der Waals surface area (Å²) >= 11 is 0. The van der Waals surface area contributed by atoms with E-state index >= 15 is 0 Å². The van der Waals surface area contributed by atoms with Crippen molar-refractivity contribution in [2.24, 2.45) is 5.92 Å². The number of ether oxygens (including phenoxy) is 3. The third kappa shape index (κ3) is 2.19. The highest BCUT2D eigenvalue weighted by molar-refractivity contribution is 5.91. The number of hydrogen-bond acceptors (Lipinski definition) is 5. The van der Waals surface area contributed by atoms with Crippen LogP contribution in [0.4, 0.5) is 0 Å². The normalized spacial score (nSPS) is 37.3. The van der Waals surface area contributed by atoms with Crippen LogP contribution in [0.15, 0.2) is 54.6 Å². The number of amides is 1.